The molecule has 2 rings (SSSR count). The van der Waals surface area contributed by atoms with Crippen molar-refractivity contribution in [1.29, 1.82) is 0 Å². The number of hydrogen-bond donors (Lipinski definition) is 1. The third kappa shape index (κ3) is 2.07. The third-order valence-electron chi connectivity index (χ3n) is 2.63. The fourth-order valence-corrected chi connectivity index (χ4v) is 1.66. The van der Waals surface area contributed by atoms with Gasteiger partial charge in [-0.2, -0.15) is 0 Å². The molecule has 0 unspecified atom stereocenters. The van der Waals surface area contributed by atoms with Crippen LogP contribution in [-0.2, 0) is 5.41 Å². The highest BCUT2D eigenvalue weighted by Gasteiger charge is 2.18. The second-order valence-electron chi connectivity index (χ2n) is 5.13. The second-order valence-corrected chi connectivity index (χ2v) is 5.13. The highest BCUT2D eigenvalue weighted by Crippen LogP contribution is 2.29. The minimum atomic E-state index is -0.683. The summed E-state index contributed by atoms with van der Waals surface area (Å²) < 4.78 is 26.7. The number of aromatic nitrogens is 1. The predicted octanol–water partition coefficient (Wildman–Crippen LogP) is 3.39. The van der Waals surface area contributed by atoms with Crippen LogP contribution in [0.3, 0.4) is 0 Å². The third-order valence-corrected chi connectivity index (χ3v) is 2.63. The average molecular weight is 236 g/mol. The summed E-state index contributed by atoms with van der Waals surface area (Å²) >= 11 is 0. The lowest BCUT2D eigenvalue weighted by molar-refractivity contribution is 0.566. The molecule has 0 radical (unpaired) electrons. The minimum absolute atomic E-state index is 0.122. The summed E-state index contributed by atoms with van der Waals surface area (Å²) in [6, 6.07) is 3.69. The van der Waals surface area contributed by atoms with Gasteiger partial charge >= 0.3 is 0 Å². The Morgan fingerprint density at radius 3 is 2.35 bits per heavy atom. The van der Waals surface area contributed by atoms with Gasteiger partial charge in [-0.25, -0.2) is 13.8 Å². The molecule has 2 aromatic rings. The molecular weight excluding hydrogens is 222 g/mol. The first-order chi connectivity index (χ1) is 7.79. The van der Waals surface area contributed by atoms with Crippen LogP contribution < -0.4 is 5.73 Å². The standard InChI is InChI=1S/C13H14F2N2/c1-13(2,3)11-6-10(16)8-4-7(14)5-9(15)12(8)17-11/h4-6H,1-3H3,(H2,16,17). The number of nitrogens with two attached hydrogens (primary N) is 1. The predicted molar refractivity (Wildman–Crippen MR) is 64.8 cm³/mol. The Balaban J connectivity index is 2.83. The summed E-state index contributed by atoms with van der Waals surface area (Å²) in [5, 5.41) is 0.315. The van der Waals surface area contributed by atoms with E-state index in [9.17, 15) is 8.78 Å². The van der Waals surface area contributed by atoms with E-state index in [-0.39, 0.29) is 10.9 Å². The number of pyridine rings is 1. The second kappa shape index (κ2) is 3.65. The number of anilines is 1. The molecule has 0 saturated heterocycles. The fraction of sp³-hybridized carbons (Fsp3) is 0.308. The summed E-state index contributed by atoms with van der Waals surface area (Å²) in [4.78, 5) is 4.23. The Kier molecular flexibility index (Phi) is 2.53. The van der Waals surface area contributed by atoms with Crippen LogP contribution in [0, 0.1) is 11.6 Å². The zero-order chi connectivity index (χ0) is 12.8. The van der Waals surface area contributed by atoms with Crippen molar-refractivity contribution in [3.63, 3.8) is 0 Å². The van der Waals surface area contributed by atoms with Gasteiger partial charge in [-0.05, 0) is 12.1 Å². The van der Waals surface area contributed by atoms with Gasteiger partial charge in [0.2, 0.25) is 0 Å². The van der Waals surface area contributed by atoms with Gasteiger partial charge in [-0.3, -0.25) is 0 Å². The summed E-state index contributed by atoms with van der Waals surface area (Å²) in [5.74, 6) is -1.33. The van der Waals surface area contributed by atoms with Crippen molar-refractivity contribution in [2.45, 2.75) is 26.2 Å². The average Bonchev–Trinajstić information content (AvgIpc) is 2.17. The van der Waals surface area contributed by atoms with E-state index >= 15 is 0 Å². The van der Waals surface area contributed by atoms with E-state index in [0.29, 0.717) is 16.8 Å². The van der Waals surface area contributed by atoms with E-state index < -0.39 is 11.6 Å². The van der Waals surface area contributed by atoms with Gasteiger partial charge in [0.1, 0.15) is 11.3 Å². The van der Waals surface area contributed by atoms with Crippen molar-refractivity contribution in [2.24, 2.45) is 0 Å². The van der Waals surface area contributed by atoms with Crippen LogP contribution in [0.25, 0.3) is 10.9 Å². The summed E-state index contributed by atoms with van der Waals surface area (Å²) in [5.41, 5.74) is 6.74. The van der Waals surface area contributed by atoms with E-state index in [1.54, 1.807) is 6.07 Å². The molecule has 0 atom stereocenters. The quantitative estimate of drug-likeness (QED) is 0.761. The molecule has 0 aliphatic heterocycles. The monoisotopic (exact) mass is 236 g/mol. The SMILES string of the molecule is CC(C)(C)c1cc(N)c2cc(F)cc(F)c2n1. The lowest BCUT2D eigenvalue weighted by Gasteiger charge is -2.19. The van der Waals surface area contributed by atoms with Gasteiger partial charge in [0.25, 0.3) is 0 Å². The van der Waals surface area contributed by atoms with Gasteiger partial charge < -0.3 is 5.73 Å². The van der Waals surface area contributed by atoms with Gasteiger partial charge in [0, 0.05) is 28.2 Å². The van der Waals surface area contributed by atoms with E-state index in [2.05, 4.69) is 4.98 Å². The van der Waals surface area contributed by atoms with Crippen LogP contribution in [0.15, 0.2) is 18.2 Å². The largest absolute Gasteiger partial charge is 0.398 e. The Hall–Kier alpha value is -1.71. The van der Waals surface area contributed by atoms with E-state index in [1.807, 2.05) is 20.8 Å². The molecule has 1 aromatic heterocycles. The molecule has 90 valence electrons. The van der Waals surface area contributed by atoms with E-state index in [0.717, 1.165) is 6.07 Å². The van der Waals surface area contributed by atoms with Crippen LogP contribution >= 0.6 is 0 Å². The molecule has 0 amide bonds. The molecule has 0 fully saturated rings. The van der Waals surface area contributed by atoms with Crippen molar-refractivity contribution in [2.75, 3.05) is 5.73 Å². The Bertz CT molecular complexity index is 586. The maximum atomic E-state index is 13.6. The van der Waals surface area contributed by atoms with Crippen LogP contribution in [-0.4, -0.2) is 4.98 Å². The minimum Gasteiger partial charge on any atom is -0.398 e. The summed E-state index contributed by atoms with van der Waals surface area (Å²) in [7, 11) is 0. The van der Waals surface area contributed by atoms with Gasteiger partial charge in [0.15, 0.2) is 5.82 Å². The molecule has 0 bridgehead atoms. The zero-order valence-corrected chi connectivity index (χ0v) is 10.0. The number of halogens is 2. The van der Waals surface area contributed by atoms with E-state index in [1.165, 1.54) is 6.07 Å². The number of rotatable bonds is 0. The lowest BCUT2D eigenvalue weighted by atomic mass is 9.91. The van der Waals surface area contributed by atoms with Crippen molar-refractivity contribution in [1.82, 2.24) is 4.98 Å². The van der Waals surface area contributed by atoms with Crippen molar-refractivity contribution >= 4 is 16.6 Å². The molecule has 0 aliphatic rings. The maximum Gasteiger partial charge on any atom is 0.152 e. The van der Waals surface area contributed by atoms with Crippen LogP contribution in [0.5, 0.6) is 0 Å². The highest BCUT2D eigenvalue weighted by molar-refractivity contribution is 5.90. The Morgan fingerprint density at radius 2 is 1.76 bits per heavy atom. The number of nitrogen functional groups attached to an aromatic ring is 1. The first-order valence-electron chi connectivity index (χ1n) is 5.35. The molecule has 1 heterocycles. The summed E-state index contributed by atoms with van der Waals surface area (Å²) in [6.07, 6.45) is 0. The number of fused-ring (bicyclic) bond motifs is 1. The van der Waals surface area contributed by atoms with Crippen molar-refractivity contribution in [3.8, 4) is 0 Å². The fourth-order valence-electron chi connectivity index (χ4n) is 1.66. The Labute approximate surface area is 98.5 Å². The van der Waals surface area contributed by atoms with Crippen molar-refractivity contribution < 1.29 is 8.78 Å². The molecule has 1 aromatic carbocycles. The first kappa shape index (κ1) is 11.8. The molecule has 0 spiro atoms. The molecule has 2 nitrogen and oxygen atoms in total. The number of nitrogens with zero attached hydrogens (tertiary/aromatic N) is 1. The number of benzene rings is 1. The molecule has 0 aliphatic carbocycles. The Morgan fingerprint density at radius 1 is 1.12 bits per heavy atom. The molecule has 4 heteroatoms. The molecule has 2 N–H and O–H groups in total. The molecular formula is C13H14F2N2. The van der Waals surface area contributed by atoms with Crippen molar-refractivity contribution in [3.05, 3.63) is 35.5 Å². The molecule has 17 heavy (non-hydrogen) atoms. The van der Waals surface area contributed by atoms with E-state index in [4.69, 9.17) is 5.73 Å². The summed E-state index contributed by atoms with van der Waals surface area (Å²) in [6.45, 7) is 5.88. The topological polar surface area (TPSA) is 38.9 Å². The smallest absolute Gasteiger partial charge is 0.152 e. The number of hydrogen-bond acceptors (Lipinski definition) is 2. The van der Waals surface area contributed by atoms with Crippen LogP contribution in [0.2, 0.25) is 0 Å². The maximum absolute atomic E-state index is 13.6. The van der Waals surface area contributed by atoms with Crippen LogP contribution in [0.1, 0.15) is 26.5 Å². The molecule has 0 saturated carbocycles. The first-order valence-corrected chi connectivity index (χ1v) is 5.35. The normalized spacial score (nSPS) is 12.1. The van der Waals surface area contributed by atoms with Gasteiger partial charge in [0.05, 0.1) is 0 Å². The van der Waals surface area contributed by atoms with Gasteiger partial charge in [-0.1, -0.05) is 20.8 Å². The highest BCUT2D eigenvalue weighted by atomic mass is 19.1. The van der Waals surface area contributed by atoms with Gasteiger partial charge in [-0.15, -0.1) is 0 Å². The lowest BCUT2D eigenvalue weighted by Crippen LogP contribution is -2.14. The zero-order valence-electron chi connectivity index (χ0n) is 10.0. The van der Waals surface area contributed by atoms with Crippen LogP contribution in [0.4, 0.5) is 14.5 Å².